The molecule has 1 unspecified atom stereocenters. The Labute approximate surface area is 141 Å². The Balaban J connectivity index is 1.99. The summed E-state index contributed by atoms with van der Waals surface area (Å²) in [6.45, 7) is 9.69. The number of hydrogen-bond acceptors (Lipinski definition) is 2. The molecule has 4 nitrogen and oxygen atoms in total. The van der Waals surface area contributed by atoms with Crippen LogP contribution in [0.4, 0.5) is 0 Å². The Morgan fingerprint density at radius 2 is 2.00 bits per heavy atom. The van der Waals surface area contributed by atoms with E-state index in [1.807, 2.05) is 7.05 Å². The largest absolute Gasteiger partial charge is 0.354 e. The maximum absolute atomic E-state index is 4.28. The molecule has 0 amide bonds. The highest BCUT2D eigenvalue weighted by Gasteiger charge is 2.19. The minimum atomic E-state index is 0.380. The normalized spacial score (nSPS) is 19.9. The molecule has 1 saturated heterocycles. The highest BCUT2D eigenvalue weighted by atomic mass is 15.2. The predicted octanol–water partition coefficient (Wildman–Crippen LogP) is 3.13. The molecular formula is C19H32N4. The van der Waals surface area contributed by atoms with Gasteiger partial charge in [0, 0.05) is 32.2 Å². The summed E-state index contributed by atoms with van der Waals surface area (Å²) in [4.78, 5) is 6.90. The maximum atomic E-state index is 4.28. The molecular weight excluding hydrogens is 284 g/mol. The van der Waals surface area contributed by atoms with E-state index in [0.717, 1.165) is 19.0 Å². The molecule has 1 aliphatic heterocycles. The summed E-state index contributed by atoms with van der Waals surface area (Å²) in [5.74, 6) is 0.862. The zero-order chi connectivity index (χ0) is 16.7. The number of benzene rings is 1. The van der Waals surface area contributed by atoms with Crippen molar-refractivity contribution in [1.29, 1.82) is 0 Å². The summed E-state index contributed by atoms with van der Waals surface area (Å²) in [6, 6.07) is 9.83. The van der Waals surface area contributed by atoms with Crippen LogP contribution in [0.15, 0.2) is 29.3 Å². The molecule has 0 aliphatic carbocycles. The van der Waals surface area contributed by atoms with Crippen LogP contribution in [-0.4, -0.2) is 36.5 Å². The van der Waals surface area contributed by atoms with Crippen LogP contribution >= 0.6 is 0 Å². The molecule has 0 aromatic heterocycles. The molecule has 1 aromatic rings. The van der Waals surface area contributed by atoms with Crippen molar-refractivity contribution in [2.45, 2.75) is 65.2 Å². The Kier molecular flexibility index (Phi) is 6.90. The van der Waals surface area contributed by atoms with Gasteiger partial charge < -0.3 is 10.6 Å². The number of aliphatic imine (C=N–C) groups is 1. The van der Waals surface area contributed by atoms with E-state index in [1.165, 1.54) is 36.9 Å². The molecule has 0 spiro atoms. The summed E-state index contributed by atoms with van der Waals surface area (Å²) in [6.07, 6.45) is 4.03. The quantitative estimate of drug-likeness (QED) is 0.647. The lowest BCUT2D eigenvalue weighted by atomic mass is 10.0. The van der Waals surface area contributed by atoms with E-state index in [0.29, 0.717) is 12.1 Å². The van der Waals surface area contributed by atoms with Crippen LogP contribution in [0, 0.1) is 0 Å². The average molecular weight is 316 g/mol. The molecule has 0 saturated carbocycles. The Hall–Kier alpha value is -1.55. The van der Waals surface area contributed by atoms with E-state index >= 15 is 0 Å². The summed E-state index contributed by atoms with van der Waals surface area (Å²) >= 11 is 0. The van der Waals surface area contributed by atoms with Crippen molar-refractivity contribution in [2.24, 2.45) is 4.99 Å². The van der Waals surface area contributed by atoms with Crippen molar-refractivity contribution in [3.63, 3.8) is 0 Å². The minimum Gasteiger partial charge on any atom is -0.354 e. The van der Waals surface area contributed by atoms with Gasteiger partial charge in [0.05, 0.1) is 0 Å². The van der Waals surface area contributed by atoms with Crippen molar-refractivity contribution in [2.75, 3.05) is 13.6 Å². The molecule has 1 atom stereocenters. The fourth-order valence-corrected chi connectivity index (χ4v) is 3.14. The van der Waals surface area contributed by atoms with Gasteiger partial charge in [-0.2, -0.15) is 0 Å². The summed E-state index contributed by atoms with van der Waals surface area (Å²) < 4.78 is 0. The lowest BCUT2D eigenvalue weighted by molar-refractivity contribution is 0.152. The highest BCUT2D eigenvalue weighted by molar-refractivity contribution is 5.79. The van der Waals surface area contributed by atoms with Gasteiger partial charge in [0.2, 0.25) is 0 Å². The zero-order valence-corrected chi connectivity index (χ0v) is 15.1. The summed E-state index contributed by atoms with van der Waals surface area (Å²) in [5.41, 5.74) is 2.78. The average Bonchev–Trinajstić information content (AvgIpc) is 2.54. The van der Waals surface area contributed by atoms with E-state index in [4.69, 9.17) is 0 Å². The molecule has 0 radical (unpaired) electrons. The van der Waals surface area contributed by atoms with Crippen LogP contribution in [0.2, 0.25) is 0 Å². The molecule has 2 rings (SSSR count). The molecule has 1 heterocycles. The molecule has 1 aromatic carbocycles. The summed E-state index contributed by atoms with van der Waals surface area (Å²) in [7, 11) is 1.82. The Morgan fingerprint density at radius 1 is 1.26 bits per heavy atom. The van der Waals surface area contributed by atoms with E-state index in [-0.39, 0.29) is 0 Å². The van der Waals surface area contributed by atoms with Crippen molar-refractivity contribution >= 4 is 5.96 Å². The van der Waals surface area contributed by atoms with Crippen LogP contribution in [0.1, 0.15) is 51.2 Å². The molecule has 4 heteroatoms. The zero-order valence-electron chi connectivity index (χ0n) is 15.1. The first kappa shape index (κ1) is 17.8. The lowest BCUT2D eigenvalue weighted by Gasteiger charge is -2.33. The van der Waals surface area contributed by atoms with E-state index in [9.17, 15) is 0 Å². The maximum Gasteiger partial charge on any atom is 0.191 e. The third-order valence-electron chi connectivity index (χ3n) is 4.53. The monoisotopic (exact) mass is 316 g/mol. The fourth-order valence-electron chi connectivity index (χ4n) is 3.14. The van der Waals surface area contributed by atoms with Gasteiger partial charge in [0.15, 0.2) is 5.96 Å². The van der Waals surface area contributed by atoms with Gasteiger partial charge >= 0.3 is 0 Å². The van der Waals surface area contributed by atoms with E-state index < -0.39 is 0 Å². The van der Waals surface area contributed by atoms with Gasteiger partial charge in [0.25, 0.3) is 0 Å². The first-order chi connectivity index (χ1) is 11.1. The Morgan fingerprint density at radius 3 is 2.65 bits per heavy atom. The van der Waals surface area contributed by atoms with Crippen LogP contribution in [0.5, 0.6) is 0 Å². The number of nitrogens with one attached hydrogen (secondary N) is 2. The second kappa shape index (κ2) is 8.92. The van der Waals surface area contributed by atoms with Crippen LogP contribution in [0.3, 0.4) is 0 Å². The minimum absolute atomic E-state index is 0.380. The Bertz CT molecular complexity index is 510. The fraction of sp³-hybridized carbons (Fsp3) is 0.632. The molecule has 2 N–H and O–H groups in total. The molecule has 1 aliphatic rings. The number of piperidine rings is 1. The van der Waals surface area contributed by atoms with Gasteiger partial charge in [0.1, 0.15) is 0 Å². The number of likely N-dealkylation sites (tertiary alicyclic amines) is 1. The van der Waals surface area contributed by atoms with Crippen molar-refractivity contribution in [1.82, 2.24) is 15.5 Å². The molecule has 0 bridgehead atoms. The first-order valence-electron chi connectivity index (χ1n) is 8.88. The molecule has 1 fully saturated rings. The third kappa shape index (κ3) is 5.54. The van der Waals surface area contributed by atoms with Gasteiger partial charge in [-0.1, -0.05) is 30.7 Å². The molecule has 23 heavy (non-hydrogen) atoms. The smallest absolute Gasteiger partial charge is 0.191 e. The predicted molar refractivity (Wildman–Crippen MR) is 98.6 cm³/mol. The van der Waals surface area contributed by atoms with Gasteiger partial charge in [-0.25, -0.2) is 0 Å². The lowest BCUT2D eigenvalue weighted by Crippen LogP contribution is -2.41. The van der Waals surface area contributed by atoms with E-state index in [1.54, 1.807) is 0 Å². The standard InChI is InChI=1S/C19H32N4/c1-15(2)22-19(20-4)21-13-17-10-5-6-11-18(17)14-23-12-8-7-9-16(23)3/h5-6,10-11,15-16H,7-9,12-14H2,1-4H3,(H2,20,21,22). The number of nitrogens with zero attached hydrogens (tertiary/aromatic N) is 2. The van der Waals surface area contributed by atoms with Gasteiger partial charge in [-0.15, -0.1) is 0 Å². The van der Waals surface area contributed by atoms with Crippen molar-refractivity contribution in [3.8, 4) is 0 Å². The number of guanidine groups is 1. The number of rotatable bonds is 5. The highest BCUT2D eigenvalue weighted by Crippen LogP contribution is 2.20. The van der Waals surface area contributed by atoms with Crippen LogP contribution in [-0.2, 0) is 13.1 Å². The summed E-state index contributed by atoms with van der Waals surface area (Å²) in [5, 5.41) is 6.76. The number of hydrogen-bond donors (Lipinski definition) is 2. The second-order valence-electron chi connectivity index (χ2n) is 6.81. The second-order valence-corrected chi connectivity index (χ2v) is 6.81. The van der Waals surface area contributed by atoms with Crippen molar-refractivity contribution in [3.05, 3.63) is 35.4 Å². The molecule has 128 valence electrons. The van der Waals surface area contributed by atoms with Crippen LogP contribution < -0.4 is 10.6 Å². The van der Waals surface area contributed by atoms with E-state index in [2.05, 4.69) is 65.6 Å². The van der Waals surface area contributed by atoms with Crippen LogP contribution in [0.25, 0.3) is 0 Å². The van der Waals surface area contributed by atoms with Gasteiger partial charge in [-0.05, 0) is 51.3 Å². The third-order valence-corrected chi connectivity index (χ3v) is 4.53. The van der Waals surface area contributed by atoms with Crippen molar-refractivity contribution < 1.29 is 0 Å². The van der Waals surface area contributed by atoms with Gasteiger partial charge in [-0.3, -0.25) is 9.89 Å². The SMILES string of the molecule is CN=C(NCc1ccccc1CN1CCCCC1C)NC(C)C. The first-order valence-corrected chi connectivity index (χ1v) is 8.88. The topological polar surface area (TPSA) is 39.7 Å².